The van der Waals surface area contributed by atoms with Gasteiger partial charge >= 0.3 is 20.9 Å². The van der Waals surface area contributed by atoms with Crippen LogP contribution in [-0.2, 0) is 0 Å². The number of benzene rings is 3. The molecule has 1 heterocycles. The van der Waals surface area contributed by atoms with E-state index in [0.717, 1.165) is 19.0 Å². The van der Waals surface area contributed by atoms with Crippen LogP contribution in [0, 0.1) is 0 Å². The van der Waals surface area contributed by atoms with Crippen molar-refractivity contribution < 1.29 is 0 Å². The number of nitrogens with zero attached hydrogens (tertiary/aromatic N) is 3. The van der Waals surface area contributed by atoms with Crippen molar-refractivity contribution in [2.75, 3.05) is 14.2 Å². The van der Waals surface area contributed by atoms with E-state index in [1.807, 2.05) is 0 Å². The van der Waals surface area contributed by atoms with E-state index in [1.54, 1.807) is 0 Å². The Morgan fingerprint density at radius 1 is 0.433 bits per heavy atom. The van der Waals surface area contributed by atoms with Crippen molar-refractivity contribution >= 4 is 38.0 Å². The molecule has 3 nitrogen and oxygen atoms in total. The molecule has 0 N–H and O–H groups in total. The third-order valence-corrected chi connectivity index (χ3v) is 6.19. The summed E-state index contributed by atoms with van der Waals surface area (Å²) in [6.45, 7) is 7.83. The predicted molar refractivity (Wildman–Crippen MR) is 135 cm³/mol. The number of rotatable bonds is 6. The highest BCUT2D eigenvalue weighted by molar-refractivity contribution is 7.05. The average molecular weight is 393 g/mol. The molecule has 150 valence electrons. The first-order chi connectivity index (χ1) is 14.8. The number of anilines is 3. The summed E-state index contributed by atoms with van der Waals surface area (Å²) in [7, 11) is 0. The molecule has 0 spiro atoms. The van der Waals surface area contributed by atoms with Gasteiger partial charge in [0.15, 0.2) is 0 Å². The predicted octanol–water partition coefficient (Wildman–Crippen LogP) is 6.04. The second kappa shape index (κ2) is 9.38. The van der Waals surface area contributed by atoms with Crippen LogP contribution in [0.25, 0.3) is 0 Å². The van der Waals surface area contributed by atoms with Gasteiger partial charge in [-0.2, -0.15) is 0 Å². The van der Waals surface area contributed by atoms with Gasteiger partial charge in [0.1, 0.15) is 0 Å². The van der Waals surface area contributed by atoms with Gasteiger partial charge < -0.3 is 14.2 Å². The molecule has 1 fully saturated rings. The molecule has 0 aliphatic carbocycles. The van der Waals surface area contributed by atoms with E-state index >= 15 is 0 Å². The molecule has 0 unspecified atom stereocenters. The van der Waals surface area contributed by atoms with Crippen LogP contribution >= 0.6 is 0 Å². The maximum Gasteiger partial charge on any atom is 0.352 e. The fraction of sp³-hybridized carbons (Fsp3) is 0.250. The van der Waals surface area contributed by atoms with Crippen LogP contribution in [0.5, 0.6) is 0 Å². The maximum atomic E-state index is 2.63. The summed E-state index contributed by atoms with van der Waals surface area (Å²) in [6, 6.07) is 32.8. The van der Waals surface area contributed by atoms with Gasteiger partial charge in [0.25, 0.3) is 0 Å². The molecule has 0 radical (unpaired) electrons. The highest BCUT2D eigenvalue weighted by atomic mass is 15.3. The van der Waals surface area contributed by atoms with Crippen LogP contribution in [0.3, 0.4) is 0 Å². The molecule has 6 heteroatoms. The molecule has 1 aliphatic rings. The fourth-order valence-electron chi connectivity index (χ4n) is 5.01. The molecule has 1 aliphatic heterocycles. The van der Waals surface area contributed by atoms with E-state index in [-0.39, 0.29) is 0 Å². The SMILES string of the molecule is CCB1N(c2ccccc2)B(CC)N(c2ccccc2)B(CC)N1c1ccccc1. The quantitative estimate of drug-likeness (QED) is 0.473. The minimum Gasteiger partial charge on any atom is -0.425 e. The molecule has 30 heavy (non-hydrogen) atoms. The normalized spacial score (nSPS) is 14.5. The Morgan fingerprint density at radius 2 is 0.667 bits per heavy atom. The second-order valence-electron chi connectivity index (χ2n) is 7.90. The topological polar surface area (TPSA) is 9.72 Å². The first kappa shape index (κ1) is 20.5. The third-order valence-electron chi connectivity index (χ3n) is 6.19. The van der Waals surface area contributed by atoms with Crippen LogP contribution in [0.2, 0.25) is 19.0 Å². The highest BCUT2D eigenvalue weighted by Gasteiger charge is 2.51. The maximum absolute atomic E-state index is 2.63. The zero-order valence-corrected chi connectivity index (χ0v) is 18.4. The summed E-state index contributed by atoms with van der Waals surface area (Å²) in [5.41, 5.74) is 3.85. The molecule has 0 aromatic heterocycles. The van der Waals surface area contributed by atoms with Gasteiger partial charge in [0.05, 0.1) is 0 Å². The van der Waals surface area contributed by atoms with Crippen LogP contribution in [-0.4, -0.2) is 20.9 Å². The minimum atomic E-state index is 0.296. The van der Waals surface area contributed by atoms with E-state index in [1.165, 1.54) is 17.1 Å². The lowest BCUT2D eigenvalue weighted by atomic mass is 9.40. The van der Waals surface area contributed by atoms with Crippen molar-refractivity contribution in [2.24, 2.45) is 0 Å². The number of hydrogen-bond donors (Lipinski definition) is 0. The molecular formula is C24H30B3N3. The fourth-order valence-corrected chi connectivity index (χ4v) is 5.01. The lowest BCUT2D eigenvalue weighted by Crippen LogP contribution is -2.78. The summed E-state index contributed by atoms with van der Waals surface area (Å²) >= 11 is 0. The van der Waals surface area contributed by atoms with Crippen LogP contribution in [0.1, 0.15) is 20.8 Å². The third kappa shape index (κ3) is 3.71. The van der Waals surface area contributed by atoms with Gasteiger partial charge in [-0.15, -0.1) is 0 Å². The van der Waals surface area contributed by atoms with Gasteiger partial charge in [-0.25, -0.2) is 0 Å². The molecular weight excluding hydrogens is 363 g/mol. The van der Waals surface area contributed by atoms with Gasteiger partial charge in [-0.05, 0) is 55.4 Å². The van der Waals surface area contributed by atoms with Crippen molar-refractivity contribution in [3.8, 4) is 0 Å². The van der Waals surface area contributed by atoms with Gasteiger partial charge in [-0.1, -0.05) is 75.4 Å². The van der Waals surface area contributed by atoms with Crippen molar-refractivity contribution in [1.82, 2.24) is 0 Å². The molecule has 0 amide bonds. The van der Waals surface area contributed by atoms with Crippen molar-refractivity contribution in [3.63, 3.8) is 0 Å². The molecule has 3 aromatic rings. The smallest absolute Gasteiger partial charge is 0.352 e. The molecule has 4 rings (SSSR count). The highest BCUT2D eigenvalue weighted by Crippen LogP contribution is 2.36. The van der Waals surface area contributed by atoms with Crippen LogP contribution < -0.4 is 14.2 Å². The standard InChI is InChI=1S/C24H30B3N3/c1-4-25-28(22-16-10-7-11-17-22)26(5-2)30(24-20-14-9-15-21-24)27(6-3)29(25)23-18-12-8-13-19-23/h7-21H,4-6H2,1-3H3. The first-order valence-electron chi connectivity index (χ1n) is 11.3. The van der Waals surface area contributed by atoms with Crippen LogP contribution in [0.4, 0.5) is 17.1 Å². The number of para-hydroxylation sites is 3. The first-order valence-corrected chi connectivity index (χ1v) is 11.3. The monoisotopic (exact) mass is 393 g/mol. The molecule has 3 aromatic carbocycles. The summed E-state index contributed by atoms with van der Waals surface area (Å²) in [4.78, 5) is 0. The lowest BCUT2D eigenvalue weighted by Gasteiger charge is -2.56. The van der Waals surface area contributed by atoms with Crippen molar-refractivity contribution in [1.29, 1.82) is 0 Å². The van der Waals surface area contributed by atoms with E-state index in [2.05, 4.69) is 126 Å². The summed E-state index contributed by atoms with van der Waals surface area (Å²) < 4.78 is 7.89. The van der Waals surface area contributed by atoms with Gasteiger partial charge in [0.2, 0.25) is 0 Å². The van der Waals surface area contributed by atoms with Crippen LogP contribution in [0.15, 0.2) is 91.0 Å². The minimum absolute atomic E-state index is 0.296. The zero-order valence-electron chi connectivity index (χ0n) is 18.4. The average Bonchev–Trinajstić information content (AvgIpc) is 2.83. The Kier molecular flexibility index (Phi) is 6.42. The van der Waals surface area contributed by atoms with E-state index in [0.29, 0.717) is 20.9 Å². The largest absolute Gasteiger partial charge is 0.425 e. The summed E-state index contributed by atoms with van der Waals surface area (Å²) in [5, 5.41) is 0. The molecule has 0 saturated carbocycles. The van der Waals surface area contributed by atoms with Gasteiger partial charge in [0, 0.05) is 17.1 Å². The van der Waals surface area contributed by atoms with Crippen molar-refractivity contribution in [2.45, 2.75) is 39.7 Å². The zero-order chi connectivity index (χ0) is 20.9. The summed E-state index contributed by atoms with van der Waals surface area (Å²) in [6.07, 6.45) is 3.16. The molecule has 1 saturated heterocycles. The lowest BCUT2D eigenvalue weighted by molar-refractivity contribution is 1.16. The Morgan fingerprint density at radius 3 is 0.867 bits per heavy atom. The van der Waals surface area contributed by atoms with Gasteiger partial charge in [-0.3, -0.25) is 0 Å². The Bertz CT molecular complexity index is 776. The molecule has 0 atom stereocenters. The van der Waals surface area contributed by atoms with Crippen molar-refractivity contribution in [3.05, 3.63) is 91.0 Å². The van der Waals surface area contributed by atoms with E-state index < -0.39 is 0 Å². The Hall–Kier alpha value is -2.75. The summed E-state index contributed by atoms with van der Waals surface area (Å²) in [5.74, 6) is 0. The molecule has 0 bridgehead atoms. The Labute approximate surface area is 183 Å². The number of hydrogen-bond acceptors (Lipinski definition) is 3. The van der Waals surface area contributed by atoms with E-state index in [9.17, 15) is 0 Å². The Balaban J connectivity index is 1.91. The second-order valence-corrected chi connectivity index (χ2v) is 7.90. The van der Waals surface area contributed by atoms with E-state index in [4.69, 9.17) is 0 Å².